The van der Waals surface area contributed by atoms with E-state index in [4.69, 9.17) is 0 Å². The first-order valence-electron chi connectivity index (χ1n) is 7.92. The number of anilines is 2. The van der Waals surface area contributed by atoms with E-state index in [2.05, 4.69) is 66.6 Å². The van der Waals surface area contributed by atoms with Gasteiger partial charge in [-0.2, -0.15) is 5.26 Å². The van der Waals surface area contributed by atoms with Gasteiger partial charge in [-0.1, -0.05) is 32.0 Å². The fourth-order valence-corrected chi connectivity index (χ4v) is 2.65. The Bertz CT molecular complexity index is 880. The van der Waals surface area contributed by atoms with Gasteiger partial charge < -0.3 is 5.32 Å². The highest BCUT2D eigenvalue weighted by atomic mass is 35.5. The first kappa shape index (κ1) is 17.8. The third-order valence-electron chi connectivity index (χ3n) is 4.09. The summed E-state index contributed by atoms with van der Waals surface area (Å²) in [5.41, 5.74) is 5.80. The molecule has 1 N–H and O–H groups in total. The Morgan fingerprint density at radius 3 is 2.29 bits per heavy atom. The van der Waals surface area contributed by atoms with Crippen LogP contribution in [0.1, 0.15) is 30.5 Å². The van der Waals surface area contributed by atoms with Crippen molar-refractivity contribution in [2.24, 2.45) is 0 Å². The molecule has 0 bridgehead atoms. The molecule has 0 spiro atoms. The second-order valence-electron chi connectivity index (χ2n) is 5.54. The van der Waals surface area contributed by atoms with E-state index in [-0.39, 0.29) is 12.4 Å². The van der Waals surface area contributed by atoms with Crippen LogP contribution in [0.15, 0.2) is 48.7 Å². The number of pyridine rings is 1. The molecule has 3 rings (SSSR count). The van der Waals surface area contributed by atoms with Gasteiger partial charge in [-0.25, -0.2) is 0 Å². The number of nitrogens with one attached hydrogen (secondary N) is 1. The number of nitriles is 1. The van der Waals surface area contributed by atoms with Crippen molar-refractivity contribution in [3.8, 4) is 6.07 Å². The lowest BCUT2D eigenvalue weighted by atomic mass is 10.0. The first-order valence-corrected chi connectivity index (χ1v) is 7.92. The average Bonchev–Trinajstić information content (AvgIpc) is 2.62. The van der Waals surface area contributed by atoms with E-state index in [0.29, 0.717) is 5.56 Å². The molecule has 0 radical (unpaired) electrons. The van der Waals surface area contributed by atoms with Gasteiger partial charge in [-0.05, 0) is 48.2 Å². The minimum Gasteiger partial charge on any atom is -0.354 e. The number of benzene rings is 2. The molecule has 0 saturated carbocycles. The molecular weight excluding hydrogens is 318 g/mol. The highest BCUT2D eigenvalue weighted by Crippen LogP contribution is 2.29. The number of hydrogen-bond donors (Lipinski definition) is 1. The van der Waals surface area contributed by atoms with Crippen molar-refractivity contribution >= 4 is 34.7 Å². The van der Waals surface area contributed by atoms with Crippen molar-refractivity contribution in [2.75, 3.05) is 5.32 Å². The van der Waals surface area contributed by atoms with Crippen LogP contribution in [0.25, 0.3) is 10.9 Å². The Kier molecular flexibility index (Phi) is 5.78. The predicted molar refractivity (Wildman–Crippen MR) is 102 cm³/mol. The molecule has 0 atom stereocenters. The van der Waals surface area contributed by atoms with E-state index in [9.17, 15) is 5.26 Å². The van der Waals surface area contributed by atoms with E-state index in [1.165, 1.54) is 11.1 Å². The Labute approximate surface area is 148 Å². The maximum Gasteiger partial charge on any atom is 0.103 e. The first-order chi connectivity index (χ1) is 11.2. The molecule has 3 aromatic rings. The fraction of sp³-hybridized carbons (Fsp3) is 0.200. The quantitative estimate of drug-likeness (QED) is 0.693. The molecule has 0 fully saturated rings. The molecule has 0 aliphatic rings. The van der Waals surface area contributed by atoms with Crippen LogP contribution in [-0.2, 0) is 12.8 Å². The zero-order chi connectivity index (χ0) is 16.2. The standard InChI is InChI=1S/C20H19N3.ClH/c1-3-14-5-8-17(9-6-14)23-20-16(12-21)13-22-19-10-7-15(4-2)11-18(19)20;/h5-11,13H,3-4H2,1-2H3,(H,22,23);1H. The summed E-state index contributed by atoms with van der Waals surface area (Å²) < 4.78 is 0. The SMILES string of the molecule is CCc1ccc(Nc2c(C#N)cnc3ccc(CC)cc23)cc1.Cl. The molecule has 3 nitrogen and oxygen atoms in total. The van der Waals surface area contributed by atoms with Crippen LogP contribution in [0.3, 0.4) is 0 Å². The third-order valence-corrected chi connectivity index (χ3v) is 4.09. The molecule has 0 aliphatic carbocycles. The van der Waals surface area contributed by atoms with Crippen LogP contribution in [0.2, 0.25) is 0 Å². The lowest BCUT2D eigenvalue weighted by Gasteiger charge is -2.12. The number of hydrogen-bond acceptors (Lipinski definition) is 3. The van der Waals surface area contributed by atoms with Crippen LogP contribution in [-0.4, -0.2) is 4.98 Å². The Morgan fingerprint density at radius 2 is 1.67 bits per heavy atom. The largest absolute Gasteiger partial charge is 0.354 e. The van der Waals surface area contributed by atoms with Crippen molar-refractivity contribution < 1.29 is 0 Å². The molecule has 2 aromatic carbocycles. The Balaban J connectivity index is 0.00000208. The molecule has 0 amide bonds. The molecule has 4 heteroatoms. The van der Waals surface area contributed by atoms with Crippen molar-refractivity contribution in [3.63, 3.8) is 0 Å². The lowest BCUT2D eigenvalue weighted by molar-refractivity contribution is 1.14. The summed E-state index contributed by atoms with van der Waals surface area (Å²) in [4.78, 5) is 4.39. The minimum absolute atomic E-state index is 0. The van der Waals surface area contributed by atoms with Gasteiger partial charge in [0.1, 0.15) is 6.07 Å². The lowest BCUT2D eigenvalue weighted by Crippen LogP contribution is -1.97. The summed E-state index contributed by atoms with van der Waals surface area (Å²) in [5.74, 6) is 0. The van der Waals surface area contributed by atoms with Gasteiger partial charge in [0, 0.05) is 17.3 Å². The van der Waals surface area contributed by atoms with E-state index >= 15 is 0 Å². The van der Waals surface area contributed by atoms with Crippen LogP contribution in [0.4, 0.5) is 11.4 Å². The molecular formula is C20H20ClN3. The van der Waals surface area contributed by atoms with Gasteiger partial charge in [0.05, 0.1) is 16.8 Å². The highest BCUT2D eigenvalue weighted by Gasteiger charge is 2.10. The topological polar surface area (TPSA) is 48.7 Å². The number of aromatic nitrogens is 1. The van der Waals surface area contributed by atoms with E-state index in [1.807, 2.05) is 6.07 Å². The monoisotopic (exact) mass is 337 g/mol. The van der Waals surface area contributed by atoms with Gasteiger partial charge in [0.2, 0.25) is 0 Å². The van der Waals surface area contributed by atoms with Crippen molar-refractivity contribution in [1.29, 1.82) is 5.26 Å². The number of nitrogens with zero attached hydrogens (tertiary/aromatic N) is 2. The second-order valence-corrected chi connectivity index (χ2v) is 5.54. The third kappa shape index (κ3) is 3.50. The molecule has 122 valence electrons. The number of fused-ring (bicyclic) bond motifs is 1. The zero-order valence-corrected chi connectivity index (χ0v) is 14.7. The normalized spacial score (nSPS) is 10.0. The summed E-state index contributed by atoms with van der Waals surface area (Å²) in [6, 6.07) is 16.8. The zero-order valence-electron chi connectivity index (χ0n) is 13.8. The number of rotatable bonds is 4. The maximum absolute atomic E-state index is 9.43. The second kappa shape index (κ2) is 7.81. The highest BCUT2D eigenvalue weighted by molar-refractivity contribution is 5.96. The van der Waals surface area contributed by atoms with Crippen LogP contribution < -0.4 is 5.32 Å². The van der Waals surface area contributed by atoms with Crippen LogP contribution in [0.5, 0.6) is 0 Å². The minimum atomic E-state index is 0. The van der Waals surface area contributed by atoms with E-state index in [0.717, 1.165) is 35.1 Å². The predicted octanol–water partition coefficient (Wildman–Crippen LogP) is 5.40. The summed E-state index contributed by atoms with van der Waals surface area (Å²) in [6.07, 6.45) is 3.61. The molecule has 0 saturated heterocycles. The molecule has 0 aliphatic heterocycles. The average molecular weight is 338 g/mol. The molecule has 1 heterocycles. The fourth-order valence-electron chi connectivity index (χ4n) is 2.65. The van der Waals surface area contributed by atoms with E-state index in [1.54, 1.807) is 6.20 Å². The van der Waals surface area contributed by atoms with Crippen molar-refractivity contribution in [3.05, 3.63) is 65.4 Å². The Morgan fingerprint density at radius 1 is 1.00 bits per heavy atom. The Hall–Kier alpha value is -2.57. The molecule has 1 aromatic heterocycles. The van der Waals surface area contributed by atoms with Gasteiger partial charge >= 0.3 is 0 Å². The number of aryl methyl sites for hydroxylation is 2. The summed E-state index contributed by atoms with van der Waals surface area (Å²) >= 11 is 0. The summed E-state index contributed by atoms with van der Waals surface area (Å²) in [6.45, 7) is 4.26. The van der Waals surface area contributed by atoms with Crippen LogP contribution >= 0.6 is 12.4 Å². The smallest absolute Gasteiger partial charge is 0.103 e. The number of halogens is 1. The van der Waals surface area contributed by atoms with Crippen molar-refractivity contribution in [2.45, 2.75) is 26.7 Å². The van der Waals surface area contributed by atoms with Gasteiger partial charge in [-0.15, -0.1) is 12.4 Å². The molecule has 24 heavy (non-hydrogen) atoms. The van der Waals surface area contributed by atoms with Gasteiger partial charge in [0.15, 0.2) is 0 Å². The summed E-state index contributed by atoms with van der Waals surface area (Å²) in [5, 5.41) is 13.8. The molecule has 0 unspecified atom stereocenters. The van der Waals surface area contributed by atoms with Gasteiger partial charge in [-0.3, -0.25) is 4.98 Å². The van der Waals surface area contributed by atoms with E-state index < -0.39 is 0 Å². The van der Waals surface area contributed by atoms with Crippen molar-refractivity contribution in [1.82, 2.24) is 4.98 Å². The summed E-state index contributed by atoms with van der Waals surface area (Å²) in [7, 11) is 0. The maximum atomic E-state index is 9.43. The van der Waals surface area contributed by atoms with Gasteiger partial charge in [0.25, 0.3) is 0 Å². The van der Waals surface area contributed by atoms with Crippen LogP contribution in [0, 0.1) is 11.3 Å².